The standard InChI is InChI=1S/C13H19N5O2S/c1-7-9-10(14)11(21-13(9)18(4)16-7)12(20)15-6-5-8(19)17(2)3/h5-6,14H2,1-4H3,(H,15,20). The third-order valence-corrected chi connectivity index (χ3v) is 4.48. The van der Waals surface area contributed by atoms with Crippen LogP contribution in [-0.4, -0.2) is 47.1 Å². The lowest BCUT2D eigenvalue weighted by molar-refractivity contribution is -0.128. The predicted octanol–water partition coefficient (Wildman–Crippen LogP) is 0.734. The van der Waals surface area contributed by atoms with Crippen LogP contribution < -0.4 is 11.1 Å². The summed E-state index contributed by atoms with van der Waals surface area (Å²) in [6.07, 6.45) is 0.268. The van der Waals surface area contributed by atoms with Crippen LogP contribution >= 0.6 is 11.3 Å². The third-order valence-electron chi connectivity index (χ3n) is 3.21. The molecule has 2 aromatic rings. The Balaban J connectivity index is 2.11. The highest BCUT2D eigenvalue weighted by Crippen LogP contribution is 2.35. The first-order chi connectivity index (χ1) is 9.82. The molecule has 0 aliphatic rings. The molecule has 7 nitrogen and oxygen atoms in total. The summed E-state index contributed by atoms with van der Waals surface area (Å²) in [6.45, 7) is 2.16. The van der Waals surface area contributed by atoms with Crippen LogP contribution in [0.15, 0.2) is 0 Å². The van der Waals surface area contributed by atoms with Gasteiger partial charge < -0.3 is 16.0 Å². The highest BCUT2D eigenvalue weighted by atomic mass is 32.1. The van der Waals surface area contributed by atoms with E-state index in [1.165, 1.54) is 16.2 Å². The minimum Gasteiger partial charge on any atom is -0.397 e. The van der Waals surface area contributed by atoms with Gasteiger partial charge in [0.05, 0.1) is 16.8 Å². The van der Waals surface area contributed by atoms with Gasteiger partial charge in [0.2, 0.25) is 5.91 Å². The minimum atomic E-state index is -0.250. The number of fused-ring (bicyclic) bond motifs is 1. The van der Waals surface area contributed by atoms with Gasteiger partial charge in [0.25, 0.3) is 5.91 Å². The molecular formula is C13H19N5O2S. The van der Waals surface area contributed by atoms with Crippen LogP contribution in [0.5, 0.6) is 0 Å². The number of aryl methyl sites for hydroxylation is 2. The Morgan fingerprint density at radius 1 is 1.43 bits per heavy atom. The van der Waals surface area contributed by atoms with Gasteiger partial charge >= 0.3 is 0 Å². The van der Waals surface area contributed by atoms with Gasteiger partial charge in [-0.2, -0.15) is 5.10 Å². The zero-order valence-corrected chi connectivity index (χ0v) is 13.4. The van der Waals surface area contributed by atoms with Crippen LogP contribution in [0.4, 0.5) is 5.69 Å². The van der Waals surface area contributed by atoms with Crippen molar-refractivity contribution in [2.75, 3.05) is 26.4 Å². The highest BCUT2D eigenvalue weighted by molar-refractivity contribution is 7.21. The number of amides is 2. The van der Waals surface area contributed by atoms with E-state index >= 15 is 0 Å². The first-order valence-corrected chi connectivity index (χ1v) is 7.34. The topological polar surface area (TPSA) is 93.2 Å². The molecule has 3 N–H and O–H groups in total. The molecular weight excluding hydrogens is 290 g/mol. The van der Waals surface area contributed by atoms with Gasteiger partial charge in [0.1, 0.15) is 9.71 Å². The number of aromatic nitrogens is 2. The first-order valence-electron chi connectivity index (χ1n) is 6.52. The van der Waals surface area contributed by atoms with Gasteiger partial charge in [-0.25, -0.2) is 0 Å². The normalized spacial score (nSPS) is 10.9. The zero-order valence-electron chi connectivity index (χ0n) is 12.6. The predicted molar refractivity (Wildman–Crippen MR) is 83.4 cm³/mol. The number of hydrogen-bond donors (Lipinski definition) is 2. The molecule has 0 aliphatic carbocycles. The number of nitrogens with one attached hydrogen (secondary N) is 1. The lowest BCUT2D eigenvalue weighted by atomic mass is 10.2. The van der Waals surface area contributed by atoms with Gasteiger partial charge in [0.15, 0.2) is 0 Å². The van der Waals surface area contributed by atoms with Crippen molar-refractivity contribution in [3.8, 4) is 0 Å². The van der Waals surface area contributed by atoms with Crippen LogP contribution in [0.1, 0.15) is 21.8 Å². The lowest BCUT2D eigenvalue weighted by Gasteiger charge is -2.10. The minimum absolute atomic E-state index is 0.0281. The fourth-order valence-corrected chi connectivity index (χ4v) is 3.19. The van der Waals surface area contributed by atoms with E-state index in [9.17, 15) is 9.59 Å². The van der Waals surface area contributed by atoms with E-state index in [0.717, 1.165) is 15.9 Å². The first kappa shape index (κ1) is 15.3. The van der Waals surface area contributed by atoms with Gasteiger partial charge in [-0.15, -0.1) is 11.3 Å². The van der Waals surface area contributed by atoms with Crippen molar-refractivity contribution in [2.45, 2.75) is 13.3 Å². The molecule has 0 bridgehead atoms. The average molecular weight is 309 g/mol. The molecule has 0 fully saturated rings. The summed E-state index contributed by atoms with van der Waals surface area (Å²) in [5.41, 5.74) is 7.32. The molecule has 2 rings (SSSR count). The Hall–Kier alpha value is -2.09. The summed E-state index contributed by atoms with van der Waals surface area (Å²) in [5, 5.41) is 7.84. The lowest BCUT2D eigenvalue weighted by Crippen LogP contribution is -2.30. The van der Waals surface area contributed by atoms with Gasteiger partial charge in [-0.3, -0.25) is 14.3 Å². The number of carbonyl (C=O) groups excluding carboxylic acids is 2. The average Bonchev–Trinajstić information content (AvgIpc) is 2.89. The van der Waals surface area contributed by atoms with E-state index in [2.05, 4.69) is 10.4 Å². The fraction of sp³-hybridized carbons (Fsp3) is 0.462. The molecule has 2 aromatic heterocycles. The Bertz CT molecular complexity index is 701. The summed E-state index contributed by atoms with van der Waals surface area (Å²) < 4.78 is 1.72. The van der Waals surface area contributed by atoms with E-state index in [-0.39, 0.29) is 18.2 Å². The number of hydrogen-bond acceptors (Lipinski definition) is 5. The smallest absolute Gasteiger partial charge is 0.263 e. The number of thiophene rings is 1. The number of nitrogens with zero attached hydrogens (tertiary/aromatic N) is 3. The summed E-state index contributed by atoms with van der Waals surface area (Å²) in [7, 11) is 5.19. The Morgan fingerprint density at radius 3 is 2.67 bits per heavy atom. The molecule has 0 radical (unpaired) electrons. The summed E-state index contributed by atoms with van der Waals surface area (Å²) in [4.78, 5) is 26.5. The highest BCUT2D eigenvalue weighted by Gasteiger charge is 2.20. The molecule has 0 unspecified atom stereocenters. The van der Waals surface area contributed by atoms with Gasteiger partial charge in [-0.1, -0.05) is 0 Å². The number of rotatable bonds is 4. The van der Waals surface area contributed by atoms with Crippen molar-refractivity contribution in [3.63, 3.8) is 0 Å². The van der Waals surface area contributed by atoms with Crippen LogP contribution in [0.25, 0.3) is 10.2 Å². The Kier molecular flexibility index (Phi) is 4.17. The SMILES string of the molecule is Cc1nn(C)c2sc(C(=O)NCCC(=O)N(C)C)c(N)c12. The molecule has 0 aromatic carbocycles. The molecule has 2 heterocycles. The molecule has 0 spiro atoms. The Labute approximate surface area is 126 Å². The molecule has 0 saturated carbocycles. The van der Waals surface area contributed by atoms with Crippen molar-refractivity contribution < 1.29 is 9.59 Å². The maximum absolute atomic E-state index is 12.2. The molecule has 21 heavy (non-hydrogen) atoms. The summed E-state index contributed by atoms with van der Waals surface area (Å²) in [5.74, 6) is -0.278. The molecule has 0 atom stereocenters. The number of anilines is 1. The molecule has 8 heteroatoms. The molecule has 0 saturated heterocycles. The van der Waals surface area contributed by atoms with Crippen molar-refractivity contribution in [3.05, 3.63) is 10.6 Å². The second kappa shape index (κ2) is 5.72. The van der Waals surface area contributed by atoms with E-state index in [1.54, 1.807) is 18.8 Å². The van der Waals surface area contributed by atoms with Gasteiger partial charge in [0, 0.05) is 34.1 Å². The van der Waals surface area contributed by atoms with Crippen LogP contribution in [-0.2, 0) is 11.8 Å². The maximum Gasteiger partial charge on any atom is 0.263 e. The fourth-order valence-electron chi connectivity index (χ4n) is 2.08. The molecule has 2 amide bonds. The van der Waals surface area contributed by atoms with E-state index in [1.807, 2.05) is 14.0 Å². The second-order valence-corrected chi connectivity index (χ2v) is 6.03. The third kappa shape index (κ3) is 2.85. The molecule has 114 valence electrons. The van der Waals surface area contributed by atoms with Crippen LogP contribution in [0.2, 0.25) is 0 Å². The van der Waals surface area contributed by atoms with Crippen LogP contribution in [0.3, 0.4) is 0 Å². The number of nitrogen functional groups attached to an aromatic ring is 1. The number of carbonyl (C=O) groups is 2. The second-order valence-electron chi connectivity index (χ2n) is 5.03. The van der Waals surface area contributed by atoms with Crippen molar-refractivity contribution in [2.24, 2.45) is 7.05 Å². The zero-order chi connectivity index (χ0) is 15.7. The maximum atomic E-state index is 12.2. The number of nitrogens with two attached hydrogens (primary N) is 1. The Morgan fingerprint density at radius 2 is 2.10 bits per heavy atom. The largest absolute Gasteiger partial charge is 0.397 e. The monoisotopic (exact) mass is 309 g/mol. The molecule has 0 aliphatic heterocycles. The van der Waals surface area contributed by atoms with Gasteiger partial charge in [-0.05, 0) is 6.92 Å². The van der Waals surface area contributed by atoms with Crippen molar-refractivity contribution in [1.82, 2.24) is 20.0 Å². The summed E-state index contributed by atoms with van der Waals surface area (Å²) in [6, 6.07) is 0. The van der Waals surface area contributed by atoms with E-state index < -0.39 is 0 Å². The van der Waals surface area contributed by atoms with Crippen molar-refractivity contribution in [1.29, 1.82) is 0 Å². The van der Waals surface area contributed by atoms with Crippen molar-refractivity contribution >= 4 is 39.1 Å². The summed E-state index contributed by atoms with van der Waals surface area (Å²) >= 11 is 1.31. The van der Waals surface area contributed by atoms with E-state index in [0.29, 0.717) is 17.1 Å². The van der Waals surface area contributed by atoms with Crippen LogP contribution in [0, 0.1) is 6.92 Å². The quantitative estimate of drug-likeness (QED) is 0.871. The van der Waals surface area contributed by atoms with E-state index in [4.69, 9.17) is 5.73 Å².